The Bertz CT molecular complexity index is 512. The summed E-state index contributed by atoms with van der Waals surface area (Å²) in [6.45, 7) is 0.919. The Morgan fingerprint density at radius 2 is 2.12 bits per heavy atom. The van der Waals surface area contributed by atoms with E-state index in [1.807, 2.05) is 35.0 Å². The lowest BCUT2D eigenvalue weighted by Gasteiger charge is -2.23. The van der Waals surface area contributed by atoms with Gasteiger partial charge in [-0.15, -0.1) is 5.10 Å². The Labute approximate surface area is 108 Å². The van der Waals surface area contributed by atoms with Gasteiger partial charge >= 0.3 is 0 Å². The standard InChI is InChI=1S/C12H12BrN3O/c13-12-14-11-10(7-4-8-16(11)15-12)17-9-5-2-1-3-6-9/h1-3,5-6,10H,4,7-8H2. The van der Waals surface area contributed by atoms with Gasteiger partial charge in [-0.05, 0) is 40.9 Å². The summed E-state index contributed by atoms with van der Waals surface area (Å²) in [5, 5.41) is 4.29. The van der Waals surface area contributed by atoms with Crippen molar-refractivity contribution in [2.75, 3.05) is 0 Å². The van der Waals surface area contributed by atoms with Crippen molar-refractivity contribution in [2.45, 2.75) is 25.5 Å². The van der Waals surface area contributed by atoms with Crippen LogP contribution in [0.15, 0.2) is 35.1 Å². The van der Waals surface area contributed by atoms with Crippen molar-refractivity contribution >= 4 is 15.9 Å². The molecule has 0 bridgehead atoms. The maximum atomic E-state index is 5.95. The molecule has 0 saturated heterocycles. The van der Waals surface area contributed by atoms with Gasteiger partial charge in [0.1, 0.15) is 5.75 Å². The lowest BCUT2D eigenvalue weighted by molar-refractivity contribution is 0.155. The van der Waals surface area contributed by atoms with Gasteiger partial charge in [0, 0.05) is 6.54 Å². The molecule has 0 aliphatic carbocycles. The fourth-order valence-corrected chi connectivity index (χ4v) is 2.43. The minimum atomic E-state index is 0.00458. The van der Waals surface area contributed by atoms with E-state index in [4.69, 9.17) is 4.74 Å². The monoisotopic (exact) mass is 293 g/mol. The molecule has 0 spiro atoms. The van der Waals surface area contributed by atoms with Crippen LogP contribution in [0.2, 0.25) is 0 Å². The van der Waals surface area contributed by atoms with Crippen LogP contribution < -0.4 is 4.74 Å². The molecular formula is C12H12BrN3O. The van der Waals surface area contributed by atoms with E-state index in [1.165, 1.54) is 0 Å². The van der Waals surface area contributed by atoms with Crippen molar-refractivity contribution < 1.29 is 4.74 Å². The Hall–Kier alpha value is -1.36. The first-order chi connectivity index (χ1) is 8.33. The third-order valence-electron chi connectivity index (χ3n) is 2.82. The van der Waals surface area contributed by atoms with Crippen LogP contribution >= 0.6 is 15.9 Å². The maximum absolute atomic E-state index is 5.95. The molecule has 4 nitrogen and oxygen atoms in total. The summed E-state index contributed by atoms with van der Waals surface area (Å²) in [6, 6.07) is 9.85. The summed E-state index contributed by atoms with van der Waals surface area (Å²) >= 11 is 3.31. The third-order valence-corrected chi connectivity index (χ3v) is 3.16. The van der Waals surface area contributed by atoms with Crippen LogP contribution in [0, 0.1) is 0 Å². The first-order valence-electron chi connectivity index (χ1n) is 5.65. The quantitative estimate of drug-likeness (QED) is 0.855. The molecule has 0 radical (unpaired) electrons. The van der Waals surface area contributed by atoms with E-state index in [0.717, 1.165) is 31.0 Å². The summed E-state index contributed by atoms with van der Waals surface area (Å²) in [4.78, 5) is 4.37. The number of benzene rings is 1. The highest BCUT2D eigenvalue weighted by Gasteiger charge is 2.25. The van der Waals surface area contributed by atoms with E-state index in [-0.39, 0.29) is 6.10 Å². The van der Waals surface area contributed by atoms with Crippen molar-refractivity contribution in [3.63, 3.8) is 0 Å². The molecule has 1 unspecified atom stereocenters. The van der Waals surface area contributed by atoms with Crippen LogP contribution in [-0.4, -0.2) is 14.8 Å². The summed E-state index contributed by atoms with van der Waals surface area (Å²) in [5.74, 6) is 1.79. The zero-order valence-electron chi connectivity index (χ0n) is 9.21. The number of hydrogen-bond donors (Lipinski definition) is 0. The SMILES string of the molecule is Brc1nc2n(n1)CCCC2Oc1ccccc1. The van der Waals surface area contributed by atoms with Gasteiger partial charge in [0.05, 0.1) is 0 Å². The van der Waals surface area contributed by atoms with Crippen LogP contribution in [0.4, 0.5) is 0 Å². The molecule has 1 aliphatic heterocycles. The van der Waals surface area contributed by atoms with E-state index < -0.39 is 0 Å². The molecule has 0 amide bonds. The third kappa shape index (κ3) is 2.20. The predicted octanol–water partition coefficient (Wildman–Crippen LogP) is 2.95. The lowest BCUT2D eigenvalue weighted by Crippen LogP contribution is -2.21. The fourth-order valence-electron chi connectivity index (χ4n) is 2.06. The van der Waals surface area contributed by atoms with Gasteiger partial charge in [-0.2, -0.15) is 0 Å². The van der Waals surface area contributed by atoms with E-state index >= 15 is 0 Å². The van der Waals surface area contributed by atoms with Crippen LogP contribution in [-0.2, 0) is 6.54 Å². The number of fused-ring (bicyclic) bond motifs is 1. The van der Waals surface area contributed by atoms with E-state index in [0.29, 0.717) is 4.73 Å². The number of hydrogen-bond acceptors (Lipinski definition) is 3. The van der Waals surface area contributed by atoms with Gasteiger partial charge in [-0.1, -0.05) is 18.2 Å². The minimum Gasteiger partial charge on any atom is -0.482 e. The van der Waals surface area contributed by atoms with E-state index in [2.05, 4.69) is 26.0 Å². The highest BCUT2D eigenvalue weighted by Crippen LogP contribution is 2.29. The molecule has 1 atom stereocenters. The van der Waals surface area contributed by atoms with Crippen LogP contribution in [0.3, 0.4) is 0 Å². The number of rotatable bonds is 2. The van der Waals surface area contributed by atoms with Crippen molar-refractivity contribution in [3.05, 3.63) is 40.9 Å². The summed E-state index contributed by atoms with van der Waals surface area (Å²) in [7, 11) is 0. The molecule has 2 aromatic rings. The van der Waals surface area contributed by atoms with Crippen molar-refractivity contribution in [3.8, 4) is 5.75 Å². The zero-order chi connectivity index (χ0) is 11.7. The first kappa shape index (κ1) is 10.8. The van der Waals surface area contributed by atoms with Crippen LogP contribution in [0.25, 0.3) is 0 Å². The van der Waals surface area contributed by atoms with Gasteiger partial charge in [-0.25, -0.2) is 9.67 Å². The van der Waals surface area contributed by atoms with Crippen LogP contribution in [0.1, 0.15) is 24.8 Å². The molecule has 1 aromatic carbocycles. The Balaban J connectivity index is 1.86. The minimum absolute atomic E-state index is 0.00458. The number of halogens is 1. The highest BCUT2D eigenvalue weighted by molar-refractivity contribution is 9.10. The normalized spacial score (nSPS) is 18.8. The molecule has 0 fully saturated rings. The maximum Gasteiger partial charge on any atom is 0.217 e. The second-order valence-electron chi connectivity index (χ2n) is 4.02. The largest absolute Gasteiger partial charge is 0.482 e. The molecule has 2 heterocycles. The Morgan fingerprint density at radius 1 is 1.29 bits per heavy atom. The molecule has 1 aromatic heterocycles. The van der Waals surface area contributed by atoms with Crippen molar-refractivity contribution in [1.82, 2.24) is 14.8 Å². The molecule has 88 valence electrons. The smallest absolute Gasteiger partial charge is 0.217 e. The molecule has 0 saturated carbocycles. The average Bonchev–Trinajstić information content (AvgIpc) is 2.72. The molecule has 1 aliphatic rings. The Kier molecular flexibility index (Phi) is 2.84. The number of para-hydroxylation sites is 1. The molecule has 0 N–H and O–H groups in total. The molecular weight excluding hydrogens is 282 g/mol. The fraction of sp³-hybridized carbons (Fsp3) is 0.333. The number of aromatic nitrogens is 3. The topological polar surface area (TPSA) is 39.9 Å². The predicted molar refractivity (Wildman–Crippen MR) is 66.8 cm³/mol. The second-order valence-corrected chi connectivity index (χ2v) is 4.73. The Morgan fingerprint density at radius 3 is 2.94 bits per heavy atom. The lowest BCUT2D eigenvalue weighted by atomic mass is 10.1. The highest BCUT2D eigenvalue weighted by atomic mass is 79.9. The molecule has 5 heteroatoms. The zero-order valence-corrected chi connectivity index (χ0v) is 10.8. The van der Waals surface area contributed by atoms with E-state index in [9.17, 15) is 0 Å². The summed E-state index contributed by atoms with van der Waals surface area (Å²) in [5.41, 5.74) is 0. The number of nitrogens with zero attached hydrogens (tertiary/aromatic N) is 3. The number of ether oxygens (including phenoxy) is 1. The van der Waals surface area contributed by atoms with Gasteiger partial charge in [0.2, 0.25) is 4.73 Å². The van der Waals surface area contributed by atoms with Gasteiger partial charge in [-0.3, -0.25) is 0 Å². The van der Waals surface area contributed by atoms with E-state index in [1.54, 1.807) is 0 Å². The summed E-state index contributed by atoms with van der Waals surface area (Å²) in [6.07, 6.45) is 2.06. The first-order valence-corrected chi connectivity index (χ1v) is 6.44. The molecule has 17 heavy (non-hydrogen) atoms. The van der Waals surface area contributed by atoms with Gasteiger partial charge in [0.25, 0.3) is 0 Å². The van der Waals surface area contributed by atoms with Crippen molar-refractivity contribution in [2.24, 2.45) is 0 Å². The number of aryl methyl sites for hydroxylation is 1. The van der Waals surface area contributed by atoms with Crippen molar-refractivity contribution in [1.29, 1.82) is 0 Å². The second kappa shape index (κ2) is 4.49. The van der Waals surface area contributed by atoms with Gasteiger partial charge in [0.15, 0.2) is 11.9 Å². The van der Waals surface area contributed by atoms with Gasteiger partial charge < -0.3 is 4.74 Å². The molecule has 3 rings (SSSR count). The van der Waals surface area contributed by atoms with Crippen LogP contribution in [0.5, 0.6) is 5.75 Å². The summed E-state index contributed by atoms with van der Waals surface area (Å²) < 4.78 is 8.50. The average molecular weight is 294 g/mol.